The lowest BCUT2D eigenvalue weighted by Crippen LogP contribution is -2.32. The van der Waals surface area contributed by atoms with Crippen LogP contribution in [0.1, 0.15) is 11.5 Å². The van der Waals surface area contributed by atoms with Crippen LogP contribution in [0, 0.1) is 0 Å². The lowest BCUT2D eigenvalue weighted by atomic mass is 10.4. The van der Waals surface area contributed by atoms with Gasteiger partial charge >= 0.3 is 0 Å². The second-order valence-corrected chi connectivity index (χ2v) is 3.55. The highest BCUT2D eigenvalue weighted by Gasteiger charge is 2.06. The molecule has 1 aromatic heterocycles. The van der Waals surface area contributed by atoms with Crippen LogP contribution < -0.4 is 0 Å². The molecule has 1 saturated heterocycles. The maximum atomic E-state index is 5.48. The standard InChI is InChI=1S/C11H16N2O3/c1-14-9-11-3-2-10(16-11)8-12-13-4-6-15-7-5-13/h2-3,8H,4-7,9H2,1H3. The number of furan rings is 1. The average Bonchev–Trinajstić information content (AvgIpc) is 2.76. The van der Waals surface area contributed by atoms with Crippen molar-refractivity contribution in [2.24, 2.45) is 5.10 Å². The summed E-state index contributed by atoms with van der Waals surface area (Å²) in [6, 6.07) is 3.78. The van der Waals surface area contributed by atoms with Gasteiger partial charge in [0, 0.05) is 7.11 Å². The van der Waals surface area contributed by atoms with E-state index in [-0.39, 0.29) is 0 Å². The molecule has 2 rings (SSSR count). The summed E-state index contributed by atoms with van der Waals surface area (Å²) in [5.74, 6) is 1.56. The van der Waals surface area contributed by atoms with Crippen molar-refractivity contribution in [3.05, 3.63) is 23.7 Å². The number of methoxy groups -OCH3 is 1. The molecule has 0 radical (unpaired) electrons. The zero-order chi connectivity index (χ0) is 11.2. The number of hydrogen-bond acceptors (Lipinski definition) is 5. The lowest BCUT2D eigenvalue weighted by Gasteiger charge is -2.23. The SMILES string of the molecule is COCc1ccc(C=NN2CCOCC2)o1. The van der Waals surface area contributed by atoms with Gasteiger partial charge in [-0.1, -0.05) is 0 Å². The van der Waals surface area contributed by atoms with Crippen LogP contribution in [0.2, 0.25) is 0 Å². The molecule has 0 aromatic carbocycles. The molecular formula is C11H16N2O3. The largest absolute Gasteiger partial charge is 0.458 e. The van der Waals surface area contributed by atoms with Crippen molar-refractivity contribution in [3.63, 3.8) is 0 Å². The number of rotatable bonds is 4. The normalized spacial score (nSPS) is 17.2. The van der Waals surface area contributed by atoms with Crippen molar-refractivity contribution in [2.45, 2.75) is 6.61 Å². The Morgan fingerprint density at radius 1 is 1.44 bits per heavy atom. The molecule has 0 atom stereocenters. The van der Waals surface area contributed by atoms with Crippen LogP contribution in [0.5, 0.6) is 0 Å². The molecule has 1 aromatic rings. The highest BCUT2D eigenvalue weighted by molar-refractivity contribution is 5.75. The molecule has 2 heterocycles. The van der Waals surface area contributed by atoms with Gasteiger partial charge < -0.3 is 13.9 Å². The van der Waals surface area contributed by atoms with E-state index in [9.17, 15) is 0 Å². The molecule has 0 N–H and O–H groups in total. The first kappa shape index (κ1) is 11.2. The zero-order valence-corrected chi connectivity index (χ0v) is 9.39. The molecule has 16 heavy (non-hydrogen) atoms. The Kier molecular flexibility index (Phi) is 3.96. The summed E-state index contributed by atoms with van der Waals surface area (Å²) in [6.45, 7) is 3.64. The quantitative estimate of drug-likeness (QED) is 0.718. The monoisotopic (exact) mass is 224 g/mol. The maximum absolute atomic E-state index is 5.48. The minimum Gasteiger partial charge on any atom is -0.458 e. The average molecular weight is 224 g/mol. The Hall–Kier alpha value is -1.33. The Morgan fingerprint density at radius 2 is 2.25 bits per heavy atom. The van der Waals surface area contributed by atoms with Crippen molar-refractivity contribution < 1.29 is 13.9 Å². The van der Waals surface area contributed by atoms with Gasteiger partial charge in [-0.15, -0.1) is 0 Å². The third-order valence-electron chi connectivity index (χ3n) is 2.30. The number of morpholine rings is 1. The maximum Gasteiger partial charge on any atom is 0.147 e. The van der Waals surface area contributed by atoms with E-state index >= 15 is 0 Å². The van der Waals surface area contributed by atoms with E-state index < -0.39 is 0 Å². The fourth-order valence-corrected chi connectivity index (χ4v) is 1.49. The molecule has 0 unspecified atom stereocenters. The Morgan fingerprint density at radius 3 is 3.00 bits per heavy atom. The van der Waals surface area contributed by atoms with Crippen molar-refractivity contribution in [3.8, 4) is 0 Å². The summed E-state index contributed by atoms with van der Waals surface area (Å²) in [6.07, 6.45) is 1.73. The Labute approximate surface area is 94.6 Å². The van der Waals surface area contributed by atoms with Crippen LogP contribution in [-0.2, 0) is 16.1 Å². The van der Waals surface area contributed by atoms with E-state index in [0.29, 0.717) is 6.61 Å². The van der Waals surface area contributed by atoms with Gasteiger partial charge in [0.15, 0.2) is 0 Å². The molecule has 0 spiro atoms. The van der Waals surface area contributed by atoms with Gasteiger partial charge in [0.1, 0.15) is 18.1 Å². The summed E-state index contributed by atoms with van der Waals surface area (Å²) in [5, 5.41) is 6.29. The van der Waals surface area contributed by atoms with Crippen LogP contribution in [0.15, 0.2) is 21.7 Å². The minimum atomic E-state index is 0.491. The third kappa shape index (κ3) is 3.08. The summed E-state index contributed by atoms with van der Waals surface area (Å²) in [5.41, 5.74) is 0. The molecular weight excluding hydrogens is 208 g/mol. The second kappa shape index (κ2) is 5.67. The minimum absolute atomic E-state index is 0.491. The van der Waals surface area contributed by atoms with E-state index in [4.69, 9.17) is 13.9 Å². The summed E-state index contributed by atoms with van der Waals surface area (Å²) >= 11 is 0. The molecule has 1 fully saturated rings. The van der Waals surface area contributed by atoms with E-state index in [1.165, 1.54) is 0 Å². The number of hydrogen-bond donors (Lipinski definition) is 0. The topological polar surface area (TPSA) is 47.2 Å². The molecule has 0 amide bonds. The Bertz CT molecular complexity index is 343. The molecule has 88 valence electrons. The first-order valence-electron chi connectivity index (χ1n) is 5.33. The Balaban J connectivity index is 1.88. The fraction of sp³-hybridized carbons (Fsp3) is 0.545. The molecule has 0 aliphatic carbocycles. The number of nitrogens with zero attached hydrogens (tertiary/aromatic N) is 2. The first-order chi connectivity index (χ1) is 7.88. The summed E-state index contributed by atoms with van der Waals surface area (Å²) in [4.78, 5) is 0. The van der Waals surface area contributed by atoms with Gasteiger partial charge in [-0.25, -0.2) is 0 Å². The molecule has 0 saturated carbocycles. The smallest absolute Gasteiger partial charge is 0.147 e. The van der Waals surface area contributed by atoms with Crippen LogP contribution in [0.25, 0.3) is 0 Å². The predicted molar refractivity (Wildman–Crippen MR) is 59.4 cm³/mol. The van der Waals surface area contributed by atoms with E-state index in [1.54, 1.807) is 13.3 Å². The zero-order valence-electron chi connectivity index (χ0n) is 9.39. The van der Waals surface area contributed by atoms with Crippen LogP contribution >= 0.6 is 0 Å². The summed E-state index contributed by atoms with van der Waals surface area (Å²) in [7, 11) is 1.64. The highest BCUT2D eigenvalue weighted by atomic mass is 16.5. The first-order valence-corrected chi connectivity index (χ1v) is 5.33. The molecule has 5 heteroatoms. The lowest BCUT2D eigenvalue weighted by molar-refractivity contribution is 0.0396. The van der Waals surface area contributed by atoms with Crippen molar-refractivity contribution >= 4 is 6.21 Å². The molecule has 0 bridgehead atoms. The molecule has 1 aliphatic rings. The summed E-state index contributed by atoms with van der Waals surface area (Å²) < 4.78 is 15.7. The van der Waals surface area contributed by atoms with E-state index in [0.717, 1.165) is 37.8 Å². The van der Waals surface area contributed by atoms with Crippen molar-refractivity contribution in [2.75, 3.05) is 33.4 Å². The molecule has 1 aliphatic heterocycles. The highest BCUT2D eigenvalue weighted by Crippen LogP contribution is 2.07. The van der Waals surface area contributed by atoms with Gasteiger partial charge in [0.25, 0.3) is 0 Å². The van der Waals surface area contributed by atoms with E-state index in [2.05, 4.69) is 5.10 Å². The predicted octanol–water partition coefficient (Wildman–Crippen LogP) is 1.09. The third-order valence-corrected chi connectivity index (χ3v) is 2.30. The second-order valence-electron chi connectivity index (χ2n) is 3.55. The van der Waals surface area contributed by atoms with Gasteiger partial charge in [-0.3, -0.25) is 5.01 Å². The van der Waals surface area contributed by atoms with Gasteiger partial charge in [0.2, 0.25) is 0 Å². The number of hydrazone groups is 1. The van der Waals surface area contributed by atoms with Crippen LogP contribution in [0.3, 0.4) is 0 Å². The van der Waals surface area contributed by atoms with E-state index in [1.807, 2.05) is 17.1 Å². The van der Waals surface area contributed by atoms with Gasteiger partial charge in [0.05, 0.1) is 32.5 Å². The van der Waals surface area contributed by atoms with Crippen LogP contribution in [0.4, 0.5) is 0 Å². The van der Waals surface area contributed by atoms with Crippen molar-refractivity contribution in [1.29, 1.82) is 0 Å². The fourth-order valence-electron chi connectivity index (χ4n) is 1.49. The molecule has 5 nitrogen and oxygen atoms in total. The van der Waals surface area contributed by atoms with Gasteiger partial charge in [-0.2, -0.15) is 5.10 Å². The van der Waals surface area contributed by atoms with Gasteiger partial charge in [-0.05, 0) is 12.1 Å². The van der Waals surface area contributed by atoms with Crippen molar-refractivity contribution in [1.82, 2.24) is 5.01 Å². The number of ether oxygens (including phenoxy) is 2. The van der Waals surface area contributed by atoms with Crippen LogP contribution in [-0.4, -0.2) is 44.6 Å².